The molecule has 1 N–H and O–H groups in total. The molecule has 76 valence electrons. The van der Waals surface area contributed by atoms with Gasteiger partial charge in [0.05, 0.1) is 0 Å². The lowest BCUT2D eigenvalue weighted by Crippen LogP contribution is -2.42. The van der Waals surface area contributed by atoms with E-state index in [1.165, 1.54) is 32.4 Å². The van der Waals surface area contributed by atoms with Gasteiger partial charge in [0, 0.05) is 31.8 Å². The molecule has 2 aliphatic heterocycles. The van der Waals surface area contributed by atoms with Gasteiger partial charge in [-0.25, -0.2) is 0 Å². The van der Waals surface area contributed by atoms with Crippen LogP contribution >= 0.6 is 0 Å². The van der Waals surface area contributed by atoms with Gasteiger partial charge in [-0.05, 0) is 32.9 Å². The summed E-state index contributed by atoms with van der Waals surface area (Å²) in [6, 6.07) is 1.44. The monoisotopic (exact) mass is 184 g/mol. The van der Waals surface area contributed by atoms with Crippen LogP contribution in [0.5, 0.6) is 0 Å². The first kappa shape index (κ1) is 9.44. The number of likely N-dealkylation sites (tertiary alicyclic amines) is 1. The van der Waals surface area contributed by atoms with Crippen LogP contribution < -0.4 is 5.32 Å². The van der Waals surface area contributed by atoms with Crippen LogP contribution in [0.2, 0.25) is 0 Å². The molecule has 1 atom stereocenters. The Hall–Kier alpha value is -0.120. The molecule has 0 spiro atoms. The average Bonchev–Trinajstić information content (AvgIpc) is 2.53. The van der Waals surface area contributed by atoms with Crippen LogP contribution in [0.25, 0.3) is 0 Å². The van der Waals surface area contributed by atoms with Gasteiger partial charge in [-0.1, -0.05) is 0 Å². The van der Waals surface area contributed by atoms with E-state index < -0.39 is 0 Å². The van der Waals surface area contributed by atoms with E-state index in [1.807, 2.05) is 0 Å². The highest BCUT2D eigenvalue weighted by atomic mass is 16.5. The number of likely N-dealkylation sites (N-methyl/N-ethyl adjacent to an activating group) is 1. The number of nitrogens with zero attached hydrogens (tertiary/aromatic N) is 1. The fraction of sp³-hybridized carbons (Fsp3) is 1.00. The Morgan fingerprint density at radius 2 is 1.92 bits per heavy atom. The van der Waals surface area contributed by atoms with Crippen molar-refractivity contribution >= 4 is 0 Å². The molecule has 3 heteroatoms. The van der Waals surface area contributed by atoms with Crippen molar-refractivity contribution in [2.45, 2.75) is 31.3 Å². The predicted octanol–water partition coefficient (Wildman–Crippen LogP) is 0.459. The number of nitrogens with one attached hydrogen (secondary N) is 1. The number of rotatable bonds is 2. The van der Waals surface area contributed by atoms with Gasteiger partial charge in [0.15, 0.2) is 0 Å². The van der Waals surface area contributed by atoms with E-state index in [0.29, 0.717) is 6.04 Å². The summed E-state index contributed by atoms with van der Waals surface area (Å²) >= 11 is 0. The molecule has 2 heterocycles. The third kappa shape index (κ3) is 2.66. The van der Waals surface area contributed by atoms with Crippen molar-refractivity contribution in [2.24, 2.45) is 0 Å². The van der Waals surface area contributed by atoms with Crippen LogP contribution in [-0.4, -0.2) is 50.3 Å². The normalized spacial score (nSPS) is 32.5. The fourth-order valence-electron chi connectivity index (χ4n) is 2.27. The van der Waals surface area contributed by atoms with Gasteiger partial charge in [-0.2, -0.15) is 0 Å². The second-order valence-corrected chi connectivity index (χ2v) is 4.30. The molecule has 2 saturated heterocycles. The van der Waals surface area contributed by atoms with Crippen LogP contribution in [0.15, 0.2) is 0 Å². The minimum Gasteiger partial charge on any atom is -0.381 e. The minimum absolute atomic E-state index is 0.713. The van der Waals surface area contributed by atoms with E-state index in [4.69, 9.17) is 4.74 Å². The molecule has 0 bridgehead atoms. The van der Waals surface area contributed by atoms with Crippen LogP contribution in [0.3, 0.4) is 0 Å². The van der Waals surface area contributed by atoms with E-state index in [9.17, 15) is 0 Å². The van der Waals surface area contributed by atoms with Gasteiger partial charge in [-0.3, -0.25) is 0 Å². The first-order valence-electron chi connectivity index (χ1n) is 5.37. The number of hydrogen-bond donors (Lipinski definition) is 1. The van der Waals surface area contributed by atoms with Crippen molar-refractivity contribution in [3.63, 3.8) is 0 Å². The molecule has 0 amide bonds. The molecule has 3 nitrogen and oxygen atoms in total. The van der Waals surface area contributed by atoms with Gasteiger partial charge >= 0.3 is 0 Å². The maximum atomic E-state index is 5.33. The van der Waals surface area contributed by atoms with Crippen molar-refractivity contribution in [1.29, 1.82) is 0 Å². The third-order valence-corrected chi connectivity index (χ3v) is 3.08. The summed E-state index contributed by atoms with van der Waals surface area (Å²) in [4.78, 5) is 2.40. The average molecular weight is 184 g/mol. The van der Waals surface area contributed by atoms with Crippen LogP contribution in [-0.2, 0) is 4.74 Å². The highest BCUT2D eigenvalue weighted by Gasteiger charge is 2.23. The lowest BCUT2D eigenvalue weighted by atomic mass is 10.1. The summed E-state index contributed by atoms with van der Waals surface area (Å²) in [6.45, 7) is 4.36. The molecule has 0 unspecified atom stereocenters. The molecule has 0 aromatic heterocycles. The van der Waals surface area contributed by atoms with Crippen LogP contribution in [0, 0.1) is 0 Å². The van der Waals surface area contributed by atoms with Gasteiger partial charge in [0.25, 0.3) is 0 Å². The molecule has 0 radical (unpaired) electrons. The van der Waals surface area contributed by atoms with Crippen molar-refractivity contribution in [3.8, 4) is 0 Å². The Labute approximate surface area is 80.4 Å². The first-order chi connectivity index (χ1) is 6.34. The van der Waals surface area contributed by atoms with E-state index in [0.717, 1.165) is 19.3 Å². The maximum absolute atomic E-state index is 5.33. The molecule has 13 heavy (non-hydrogen) atoms. The minimum atomic E-state index is 0.713. The quantitative estimate of drug-likeness (QED) is 0.675. The standard InChI is InChI=1S/C10H20N2O/c1-12-5-2-10(8-12)11-9-3-6-13-7-4-9/h9-11H,2-8H2,1H3/t10-/m1/s1. The molecule has 0 saturated carbocycles. The highest BCUT2D eigenvalue weighted by Crippen LogP contribution is 2.12. The van der Waals surface area contributed by atoms with Crippen LogP contribution in [0.1, 0.15) is 19.3 Å². The van der Waals surface area contributed by atoms with Gasteiger partial charge in [0.1, 0.15) is 0 Å². The zero-order chi connectivity index (χ0) is 9.10. The first-order valence-corrected chi connectivity index (χ1v) is 5.37. The van der Waals surface area contributed by atoms with Crippen molar-refractivity contribution in [3.05, 3.63) is 0 Å². The summed E-state index contributed by atoms with van der Waals surface area (Å²) in [7, 11) is 2.20. The maximum Gasteiger partial charge on any atom is 0.0480 e. The predicted molar refractivity (Wildman–Crippen MR) is 52.9 cm³/mol. The summed E-state index contributed by atoms with van der Waals surface area (Å²) in [5.74, 6) is 0. The molecular weight excluding hydrogens is 164 g/mol. The molecule has 2 aliphatic rings. The van der Waals surface area contributed by atoms with E-state index in [1.54, 1.807) is 0 Å². The largest absolute Gasteiger partial charge is 0.381 e. The molecular formula is C10H20N2O. The number of hydrogen-bond acceptors (Lipinski definition) is 3. The molecule has 2 fully saturated rings. The summed E-state index contributed by atoms with van der Waals surface area (Å²) < 4.78 is 5.33. The Bertz CT molecular complexity index is 154. The van der Waals surface area contributed by atoms with Gasteiger partial charge < -0.3 is 15.0 Å². The molecule has 0 aromatic rings. The van der Waals surface area contributed by atoms with Gasteiger partial charge in [-0.15, -0.1) is 0 Å². The zero-order valence-electron chi connectivity index (χ0n) is 8.46. The van der Waals surface area contributed by atoms with Crippen LogP contribution in [0.4, 0.5) is 0 Å². The second kappa shape index (κ2) is 4.40. The smallest absolute Gasteiger partial charge is 0.0480 e. The van der Waals surface area contributed by atoms with Crippen molar-refractivity contribution in [1.82, 2.24) is 10.2 Å². The van der Waals surface area contributed by atoms with Crippen molar-refractivity contribution in [2.75, 3.05) is 33.4 Å². The topological polar surface area (TPSA) is 24.5 Å². The molecule has 2 rings (SSSR count). The Morgan fingerprint density at radius 1 is 1.15 bits per heavy atom. The third-order valence-electron chi connectivity index (χ3n) is 3.08. The Morgan fingerprint density at radius 3 is 2.54 bits per heavy atom. The Balaban J connectivity index is 1.71. The van der Waals surface area contributed by atoms with Gasteiger partial charge in [0.2, 0.25) is 0 Å². The summed E-state index contributed by atoms with van der Waals surface area (Å²) in [6.07, 6.45) is 3.70. The highest BCUT2D eigenvalue weighted by molar-refractivity contribution is 4.83. The summed E-state index contributed by atoms with van der Waals surface area (Å²) in [5.41, 5.74) is 0. The number of ether oxygens (including phenoxy) is 1. The van der Waals surface area contributed by atoms with E-state index >= 15 is 0 Å². The SMILES string of the molecule is CN1CC[C@@H](NC2CCOCC2)C1. The lowest BCUT2D eigenvalue weighted by molar-refractivity contribution is 0.0752. The van der Waals surface area contributed by atoms with E-state index in [-0.39, 0.29) is 0 Å². The Kier molecular flexibility index (Phi) is 3.19. The lowest BCUT2D eigenvalue weighted by Gasteiger charge is -2.26. The molecule has 0 aliphatic carbocycles. The molecule has 0 aromatic carbocycles. The van der Waals surface area contributed by atoms with Crippen molar-refractivity contribution < 1.29 is 4.74 Å². The zero-order valence-corrected chi connectivity index (χ0v) is 8.46. The van der Waals surface area contributed by atoms with E-state index in [2.05, 4.69) is 17.3 Å². The fourth-order valence-corrected chi connectivity index (χ4v) is 2.27. The summed E-state index contributed by atoms with van der Waals surface area (Å²) in [5, 5.41) is 3.73. The second-order valence-electron chi connectivity index (χ2n) is 4.30.